The Morgan fingerprint density at radius 3 is 2.74 bits per heavy atom. The average molecular weight is 251 g/mol. The highest BCUT2D eigenvalue weighted by Crippen LogP contribution is 2.24. The van der Waals surface area contributed by atoms with Gasteiger partial charge in [0.15, 0.2) is 0 Å². The molecule has 3 rings (SSSR count). The number of benzene rings is 2. The van der Waals surface area contributed by atoms with Crippen LogP contribution in [0.1, 0.15) is 35.1 Å². The SMILES string of the molecule is C[C@@H]1CNCCc2ccc(Cc3ccccc3)cc21. The van der Waals surface area contributed by atoms with E-state index in [-0.39, 0.29) is 0 Å². The molecule has 0 saturated carbocycles. The summed E-state index contributed by atoms with van der Waals surface area (Å²) in [6, 6.07) is 17.8. The monoisotopic (exact) mass is 251 g/mol. The number of hydrogen-bond acceptors (Lipinski definition) is 1. The molecule has 1 aliphatic rings. The standard InChI is InChI=1S/C18H21N/c1-14-13-19-10-9-17-8-7-16(12-18(14)17)11-15-5-3-2-4-6-15/h2-8,12,14,19H,9-11,13H2,1H3/t14-/m1/s1. The maximum atomic E-state index is 3.51. The van der Waals surface area contributed by atoms with Gasteiger partial charge in [-0.1, -0.05) is 55.5 Å². The molecule has 1 heterocycles. The molecular formula is C18H21N. The quantitative estimate of drug-likeness (QED) is 0.861. The van der Waals surface area contributed by atoms with Crippen LogP contribution in [0.3, 0.4) is 0 Å². The van der Waals surface area contributed by atoms with Crippen LogP contribution in [0.2, 0.25) is 0 Å². The van der Waals surface area contributed by atoms with Crippen molar-refractivity contribution in [2.24, 2.45) is 0 Å². The van der Waals surface area contributed by atoms with Crippen LogP contribution in [0.4, 0.5) is 0 Å². The third-order valence-corrected chi connectivity index (χ3v) is 4.01. The molecule has 0 amide bonds. The van der Waals surface area contributed by atoms with Crippen molar-refractivity contribution in [2.45, 2.75) is 25.7 Å². The van der Waals surface area contributed by atoms with Crippen molar-refractivity contribution in [3.05, 3.63) is 70.8 Å². The average Bonchev–Trinajstić information content (AvgIpc) is 2.62. The van der Waals surface area contributed by atoms with Crippen LogP contribution >= 0.6 is 0 Å². The molecule has 2 aromatic carbocycles. The van der Waals surface area contributed by atoms with Crippen molar-refractivity contribution in [3.8, 4) is 0 Å². The maximum Gasteiger partial charge on any atom is 0.00177 e. The summed E-state index contributed by atoms with van der Waals surface area (Å²) in [6.07, 6.45) is 2.19. The van der Waals surface area contributed by atoms with Gasteiger partial charge >= 0.3 is 0 Å². The minimum Gasteiger partial charge on any atom is -0.316 e. The van der Waals surface area contributed by atoms with Gasteiger partial charge in [-0.3, -0.25) is 0 Å². The van der Waals surface area contributed by atoms with Crippen molar-refractivity contribution in [1.82, 2.24) is 5.32 Å². The van der Waals surface area contributed by atoms with Gasteiger partial charge in [0, 0.05) is 6.54 Å². The van der Waals surface area contributed by atoms with Crippen LogP contribution in [0.5, 0.6) is 0 Å². The molecule has 0 saturated heterocycles. The Kier molecular flexibility index (Phi) is 3.65. The highest BCUT2D eigenvalue weighted by atomic mass is 14.9. The zero-order valence-corrected chi connectivity index (χ0v) is 11.5. The van der Waals surface area contributed by atoms with Crippen molar-refractivity contribution in [3.63, 3.8) is 0 Å². The Morgan fingerprint density at radius 2 is 1.89 bits per heavy atom. The molecule has 0 radical (unpaired) electrons. The molecule has 0 aliphatic carbocycles. The van der Waals surface area contributed by atoms with E-state index in [0.717, 1.165) is 25.9 Å². The lowest BCUT2D eigenvalue weighted by Gasteiger charge is -2.14. The van der Waals surface area contributed by atoms with Gasteiger partial charge in [0.05, 0.1) is 0 Å². The summed E-state index contributed by atoms with van der Waals surface area (Å²) >= 11 is 0. The summed E-state index contributed by atoms with van der Waals surface area (Å²) in [4.78, 5) is 0. The third kappa shape index (κ3) is 2.87. The smallest absolute Gasteiger partial charge is 0.00177 e. The van der Waals surface area contributed by atoms with E-state index in [1.807, 2.05) is 0 Å². The Balaban J connectivity index is 1.88. The molecule has 0 fully saturated rings. The largest absolute Gasteiger partial charge is 0.316 e. The van der Waals surface area contributed by atoms with E-state index in [1.165, 1.54) is 16.7 Å². The summed E-state index contributed by atoms with van der Waals surface area (Å²) in [5, 5.41) is 3.51. The first-order chi connectivity index (χ1) is 9.33. The van der Waals surface area contributed by atoms with E-state index >= 15 is 0 Å². The number of hydrogen-bond donors (Lipinski definition) is 1. The topological polar surface area (TPSA) is 12.0 Å². The molecule has 98 valence electrons. The third-order valence-electron chi connectivity index (χ3n) is 4.01. The molecule has 1 heteroatoms. The first-order valence-electron chi connectivity index (χ1n) is 7.19. The zero-order chi connectivity index (χ0) is 13.1. The summed E-state index contributed by atoms with van der Waals surface area (Å²) in [7, 11) is 0. The Morgan fingerprint density at radius 1 is 1.05 bits per heavy atom. The van der Waals surface area contributed by atoms with Crippen LogP contribution < -0.4 is 5.32 Å². The molecule has 0 aromatic heterocycles. The van der Waals surface area contributed by atoms with E-state index in [1.54, 1.807) is 5.56 Å². The maximum absolute atomic E-state index is 3.51. The van der Waals surface area contributed by atoms with Gasteiger partial charge in [0.25, 0.3) is 0 Å². The van der Waals surface area contributed by atoms with Crippen molar-refractivity contribution >= 4 is 0 Å². The molecule has 0 bridgehead atoms. The van der Waals surface area contributed by atoms with Crippen molar-refractivity contribution in [1.29, 1.82) is 0 Å². The van der Waals surface area contributed by atoms with E-state index in [4.69, 9.17) is 0 Å². The van der Waals surface area contributed by atoms with Crippen LogP contribution in [0.25, 0.3) is 0 Å². The minimum atomic E-state index is 0.619. The van der Waals surface area contributed by atoms with Gasteiger partial charge < -0.3 is 5.32 Å². The molecule has 1 nitrogen and oxygen atoms in total. The Labute approximate surface area is 115 Å². The van der Waals surface area contributed by atoms with E-state index in [0.29, 0.717) is 5.92 Å². The summed E-state index contributed by atoms with van der Waals surface area (Å²) in [5.74, 6) is 0.619. The Hall–Kier alpha value is -1.60. The minimum absolute atomic E-state index is 0.619. The van der Waals surface area contributed by atoms with Crippen LogP contribution in [-0.2, 0) is 12.8 Å². The molecular weight excluding hydrogens is 230 g/mol. The second-order valence-corrected chi connectivity index (χ2v) is 5.55. The van der Waals surface area contributed by atoms with Crippen LogP contribution in [0, 0.1) is 0 Å². The first kappa shape index (κ1) is 12.4. The van der Waals surface area contributed by atoms with Crippen molar-refractivity contribution < 1.29 is 0 Å². The van der Waals surface area contributed by atoms with E-state index < -0.39 is 0 Å². The lowest BCUT2D eigenvalue weighted by molar-refractivity contribution is 0.644. The molecule has 2 aromatic rings. The predicted octanol–water partition coefficient (Wildman–Crippen LogP) is 3.53. The summed E-state index contributed by atoms with van der Waals surface area (Å²) < 4.78 is 0. The van der Waals surface area contributed by atoms with E-state index in [2.05, 4.69) is 60.8 Å². The van der Waals surface area contributed by atoms with Gasteiger partial charge in [-0.05, 0) is 47.6 Å². The van der Waals surface area contributed by atoms with Gasteiger partial charge in [-0.15, -0.1) is 0 Å². The summed E-state index contributed by atoms with van der Waals surface area (Å²) in [5.41, 5.74) is 5.88. The molecule has 19 heavy (non-hydrogen) atoms. The van der Waals surface area contributed by atoms with Crippen molar-refractivity contribution in [2.75, 3.05) is 13.1 Å². The summed E-state index contributed by atoms with van der Waals surface area (Å²) in [6.45, 7) is 4.53. The number of nitrogens with one attached hydrogen (secondary N) is 1. The lowest BCUT2D eigenvalue weighted by atomic mass is 9.92. The highest BCUT2D eigenvalue weighted by Gasteiger charge is 2.14. The van der Waals surface area contributed by atoms with Gasteiger partial charge in [-0.2, -0.15) is 0 Å². The fourth-order valence-electron chi connectivity index (χ4n) is 2.92. The molecule has 0 unspecified atom stereocenters. The fraction of sp³-hybridized carbons (Fsp3) is 0.333. The van der Waals surface area contributed by atoms with Gasteiger partial charge in [0.1, 0.15) is 0 Å². The van der Waals surface area contributed by atoms with Crippen LogP contribution in [-0.4, -0.2) is 13.1 Å². The van der Waals surface area contributed by atoms with Gasteiger partial charge in [-0.25, -0.2) is 0 Å². The highest BCUT2D eigenvalue weighted by molar-refractivity contribution is 5.38. The zero-order valence-electron chi connectivity index (χ0n) is 11.5. The number of rotatable bonds is 2. The molecule has 1 aliphatic heterocycles. The van der Waals surface area contributed by atoms with Crippen LogP contribution in [0.15, 0.2) is 48.5 Å². The second kappa shape index (κ2) is 5.58. The lowest BCUT2D eigenvalue weighted by Crippen LogP contribution is -2.18. The molecule has 1 atom stereocenters. The van der Waals surface area contributed by atoms with Gasteiger partial charge in [0.2, 0.25) is 0 Å². The molecule has 0 spiro atoms. The van der Waals surface area contributed by atoms with E-state index in [9.17, 15) is 0 Å². The normalized spacial score (nSPS) is 18.7. The second-order valence-electron chi connectivity index (χ2n) is 5.55. The first-order valence-corrected chi connectivity index (χ1v) is 7.19. The fourth-order valence-corrected chi connectivity index (χ4v) is 2.92. The Bertz CT molecular complexity index is 545. The molecule has 1 N–H and O–H groups in total. The number of fused-ring (bicyclic) bond motifs is 1. The predicted molar refractivity (Wildman–Crippen MR) is 80.7 cm³/mol.